The predicted octanol–water partition coefficient (Wildman–Crippen LogP) is 3.88. The highest BCUT2D eigenvalue weighted by molar-refractivity contribution is 14.0. The Hall–Kier alpha value is -1.84. The van der Waals surface area contributed by atoms with Crippen LogP contribution in [-0.2, 0) is 13.1 Å². The summed E-state index contributed by atoms with van der Waals surface area (Å²) in [5.41, 5.74) is 2.31. The van der Waals surface area contributed by atoms with Crippen molar-refractivity contribution in [3.05, 3.63) is 47.1 Å². The van der Waals surface area contributed by atoms with Crippen LogP contribution in [-0.4, -0.2) is 31.8 Å². The van der Waals surface area contributed by atoms with Gasteiger partial charge in [0.25, 0.3) is 0 Å². The van der Waals surface area contributed by atoms with Gasteiger partial charge in [0.1, 0.15) is 5.82 Å². The van der Waals surface area contributed by atoms with Crippen molar-refractivity contribution in [2.24, 2.45) is 4.99 Å². The van der Waals surface area contributed by atoms with Gasteiger partial charge in [0.15, 0.2) is 11.7 Å². The Labute approximate surface area is 177 Å². The molecule has 0 radical (unpaired) electrons. The highest BCUT2D eigenvalue weighted by atomic mass is 127. The van der Waals surface area contributed by atoms with Gasteiger partial charge in [-0.25, -0.2) is 9.38 Å². The van der Waals surface area contributed by atoms with Gasteiger partial charge in [-0.05, 0) is 30.5 Å². The molecule has 1 heterocycles. The van der Waals surface area contributed by atoms with E-state index in [1.54, 1.807) is 11.0 Å². The molecule has 150 valence electrons. The van der Waals surface area contributed by atoms with Crippen LogP contribution in [0.25, 0.3) is 0 Å². The van der Waals surface area contributed by atoms with Gasteiger partial charge in [0.05, 0.1) is 24.5 Å². The minimum atomic E-state index is -0.247. The summed E-state index contributed by atoms with van der Waals surface area (Å²) in [7, 11) is 3.63. The summed E-state index contributed by atoms with van der Waals surface area (Å²) in [6.07, 6.45) is 0. The summed E-state index contributed by atoms with van der Waals surface area (Å²) < 4.78 is 19.4. The summed E-state index contributed by atoms with van der Waals surface area (Å²) >= 11 is 0. The topological polar surface area (TPSA) is 65.7 Å². The number of nitrogens with zero attached hydrogens (tertiary/aromatic N) is 3. The Morgan fingerprint density at radius 3 is 2.56 bits per heavy atom. The van der Waals surface area contributed by atoms with Crippen molar-refractivity contribution in [1.82, 2.24) is 15.8 Å². The first-order chi connectivity index (χ1) is 12.4. The fraction of sp³-hybridized carbons (Fsp3) is 0.474. The molecule has 2 rings (SSSR count). The van der Waals surface area contributed by atoms with Gasteiger partial charge in [-0.2, -0.15) is 0 Å². The van der Waals surface area contributed by atoms with Crippen molar-refractivity contribution in [3.63, 3.8) is 0 Å². The summed E-state index contributed by atoms with van der Waals surface area (Å²) in [4.78, 5) is 6.26. The van der Waals surface area contributed by atoms with Crippen LogP contribution in [0.4, 0.5) is 10.1 Å². The molecule has 0 aliphatic carbocycles. The van der Waals surface area contributed by atoms with Crippen molar-refractivity contribution in [2.45, 2.75) is 39.8 Å². The van der Waals surface area contributed by atoms with Gasteiger partial charge in [0, 0.05) is 26.7 Å². The highest BCUT2D eigenvalue weighted by Gasteiger charge is 2.09. The number of aliphatic imine (C=N–C) groups is 1. The molecule has 0 aliphatic heterocycles. The molecule has 0 atom stereocenters. The molecule has 2 N–H and O–H groups in total. The van der Waals surface area contributed by atoms with E-state index in [1.807, 2.05) is 33.2 Å². The Balaban J connectivity index is 0.00000364. The second kappa shape index (κ2) is 11.1. The lowest BCUT2D eigenvalue weighted by Crippen LogP contribution is -2.36. The Morgan fingerprint density at radius 2 is 2.00 bits per heavy atom. The van der Waals surface area contributed by atoms with Gasteiger partial charge in [-0.1, -0.05) is 25.1 Å². The van der Waals surface area contributed by atoms with E-state index in [4.69, 9.17) is 4.52 Å². The maximum Gasteiger partial charge on any atom is 0.191 e. The normalized spacial score (nSPS) is 11.3. The van der Waals surface area contributed by atoms with Crippen LogP contribution >= 0.6 is 24.0 Å². The molecule has 0 amide bonds. The monoisotopic (exact) mass is 489 g/mol. The van der Waals surface area contributed by atoms with Crippen molar-refractivity contribution in [3.8, 4) is 0 Å². The molecular weight excluding hydrogens is 460 g/mol. The number of benzene rings is 1. The summed E-state index contributed by atoms with van der Waals surface area (Å²) in [6.45, 7) is 7.73. The van der Waals surface area contributed by atoms with Crippen LogP contribution in [0.5, 0.6) is 0 Å². The average molecular weight is 489 g/mol. The molecule has 2 aromatic rings. The van der Waals surface area contributed by atoms with Crippen LogP contribution in [0.2, 0.25) is 0 Å². The van der Waals surface area contributed by atoms with Gasteiger partial charge < -0.3 is 20.1 Å². The van der Waals surface area contributed by atoms with Crippen LogP contribution < -0.4 is 15.5 Å². The van der Waals surface area contributed by atoms with E-state index in [-0.39, 0.29) is 29.8 Å². The molecule has 0 bridgehead atoms. The molecule has 0 unspecified atom stereocenters. The lowest BCUT2D eigenvalue weighted by Gasteiger charge is -2.14. The zero-order valence-corrected chi connectivity index (χ0v) is 18.9. The maximum atomic E-state index is 14.1. The molecule has 1 aromatic carbocycles. The fourth-order valence-electron chi connectivity index (χ4n) is 2.38. The third kappa shape index (κ3) is 7.00. The maximum absolute atomic E-state index is 14.1. The third-order valence-electron chi connectivity index (χ3n) is 3.86. The Bertz CT molecular complexity index is 745. The number of hydrogen-bond acceptors (Lipinski definition) is 4. The number of anilines is 1. The van der Waals surface area contributed by atoms with E-state index in [2.05, 4.69) is 34.6 Å². The molecule has 0 saturated heterocycles. The molecule has 0 fully saturated rings. The molecule has 27 heavy (non-hydrogen) atoms. The van der Waals surface area contributed by atoms with Crippen LogP contribution in [0.1, 0.15) is 43.7 Å². The second-order valence-electron chi connectivity index (χ2n) is 6.60. The first-order valence-electron chi connectivity index (χ1n) is 8.84. The number of rotatable bonds is 7. The van der Waals surface area contributed by atoms with E-state index in [9.17, 15) is 4.39 Å². The molecule has 1 aromatic heterocycles. The van der Waals surface area contributed by atoms with E-state index >= 15 is 0 Å². The molecular formula is C19H29FIN5O. The van der Waals surface area contributed by atoms with Gasteiger partial charge >= 0.3 is 0 Å². The first-order valence-corrected chi connectivity index (χ1v) is 8.84. The minimum absolute atomic E-state index is 0. The van der Waals surface area contributed by atoms with E-state index in [0.29, 0.717) is 30.7 Å². The number of halogens is 2. The Kier molecular flexibility index (Phi) is 9.54. The van der Waals surface area contributed by atoms with E-state index < -0.39 is 0 Å². The smallest absolute Gasteiger partial charge is 0.191 e. The average Bonchev–Trinajstić information content (AvgIpc) is 3.06. The zero-order valence-electron chi connectivity index (χ0n) is 16.5. The third-order valence-corrected chi connectivity index (χ3v) is 3.86. The standard InChI is InChI=1S/C19H28FN5O.HI/c1-6-21-19(23-12-15-10-17(13(2)3)24-26-15)22-11-14-7-8-18(25(4)5)16(20)9-14;/h7-10,13H,6,11-12H2,1-5H3,(H2,21,22,23);1H. The lowest BCUT2D eigenvalue weighted by molar-refractivity contribution is 0.372. The molecule has 8 heteroatoms. The Morgan fingerprint density at radius 1 is 1.26 bits per heavy atom. The van der Waals surface area contributed by atoms with Gasteiger partial charge in [0.2, 0.25) is 0 Å². The predicted molar refractivity (Wildman–Crippen MR) is 118 cm³/mol. The second-order valence-corrected chi connectivity index (χ2v) is 6.60. The fourth-order valence-corrected chi connectivity index (χ4v) is 2.38. The molecule has 6 nitrogen and oxygen atoms in total. The highest BCUT2D eigenvalue weighted by Crippen LogP contribution is 2.18. The van der Waals surface area contributed by atoms with Gasteiger partial charge in [-0.15, -0.1) is 24.0 Å². The molecule has 0 aliphatic rings. The number of hydrogen-bond donors (Lipinski definition) is 2. The van der Waals surface area contributed by atoms with Gasteiger partial charge in [-0.3, -0.25) is 0 Å². The van der Waals surface area contributed by atoms with Crippen LogP contribution in [0.3, 0.4) is 0 Å². The van der Waals surface area contributed by atoms with Crippen molar-refractivity contribution < 1.29 is 8.91 Å². The number of guanidine groups is 1. The minimum Gasteiger partial charge on any atom is -0.375 e. The van der Waals surface area contributed by atoms with Crippen molar-refractivity contribution >= 4 is 35.6 Å². The molecule has 0 spiro atoms. The lowest BCUT2D eigenvalue weighted by atomic mass is 10.1. The quantitative estimate of drug-likeness (QED) is 0.351. The van der Waals surface area contributed by atoms with E-state index in [0.717, 1.165) is 23.6 Å². The summed E-state index contributed by atoms with van der Waals surface area (Å²) in [5.74, 6) is 1.48. The molecule has 0 saturated carbocycles. The van der Waals surface area contributed by atoms with Crippen LogP contribution in [0, 0.1) is 5.82 Å². The van der Waals surface area contributed by atoms with Crippen molar-refractivity contribution in [1.29, 1.82) is 0 Å². The number of nitrogens with one attached hydrogen (secondary N) is 2. The summed E-state index contributed by atoms with van der Waals surface area (Å²) in [6, 6.07) is 7.11. The first kappa shape index (κ1) is 23.2. The van der Waals surface area contributed by atoms with Crippen molar-refractivity contribution in [2.75, 3.05) is 25.5 Å². The van der Waals surface area contributed by atoms with Crippen LogP contribution in [0.15, 0.2) is 33.8 Å². The van der Waals surface area contributed by atoms with E-state index in [1.165, 1.54) is 6.07 Å². The largest absolute Gasteiger partial charge is 0.375 e. The SMILES string of the molecule is CCNC(=NCc1ccc(N(C)C)c(F)c1)NCc1cc(C(C)C)no1.I. The summed E-state index contributed by atoms with van der Waals surface area (Å²) in [5, 5.41) is 10.4. The zero-order chi connectivity index (χ0) is 19.1. The number of aromatic nitrogens is 1.